The van der Waals surface area contributed by atoms with Crippen LogP contribution in [0.25, 0.3) is 16.7 Å². The summed E-state index contributed by atoms with van der Waals surface area (Å²) in [5, 5.41) is 8.19. The number of hydrogen-bond donors (Lipinski definition) is 2. The predicted molar refractivity (Wildman–Crippen MR) is 96.2 cm³/mol. The van der Waals surface area contributed by atoms with Crippen LogP contribution < -0.4 is 10.5 Å². The number of nitrogens with one attached hydrogen (secondary N) is 1. The Morgan fingerprint density at radius 3 is 2.88 bits per heavy atom. The van der Waals surface area contributed by atoms with Crippen LogP contribution >= 0.6 is 11.3 Å². The summed E-state index contributed by atoms with van der Waals surface area (Å²) in [5.41, 5.74) is 7.44. The minimum atomic E-state index is -3.62. The molecular weight excluding hydrogens is 360 g/mol. The molecule has 0 aliphatic heterocycles. The van der Waals surface area contributed by atoms with Crippen molar-refractivity contribution in [2.75, 3.05) is 10.5 Å². The minimum absolute atomic E-state index is 0.230. The second-order valence-electron chi connectivity index (χ2n) is 5.17. The topological polar surface area (TPSA) is 116 Å². The zero-order valence-electron chi connectivity index (χ0n) is 12.7. The van der Waals surface area contributed by atoms with E-state index in [1.54, 1.807) is 52.0 Å². The number of thiophene rings is 1. The molecule has 0 aliphatic carbocycles. The number of sulfonamides is 1. The van der Waals surface area contributed by atoms with E-state index in [2.05, 4.69) is 19.8 Å². The summed E-state index contributed by atoms with van der Waals surface area (Å²) in [5.74, 6) is 0.338. The highest BCUT2D eigenvalue weighted by atomic mass is 32.2. The van der Waals surface area contributed by atoms with Crippen molar-refractivity contribution in [3.8, 4) is 5.69 Å². The molecule has 0 amide bonds. The number of nitrogens with two attached hydrogens (primary N) is 1. The van der Waals surface area contributed by atoms with Gasteiger partial charge in [0.1, 0.15) is 12.1 Å². The van der Waals surface area contributed by atoms with Crippen molar-refractivity contribution >= 4 is 43.9 Å². The fraction of sp³-hybridized carbons (Fsp3) is 0. The van der Waals surface area contributed by atoms with Gasteiger partial charge in [-0.05, 0) is 29.6 Å². The maximum absolute atomic E-state index is 12.4. The highest BCUT2D eigenvalue weighted by molar-refractivity contribution is 7.92. The molecule has 3 aromatic heterocycles. The predicted octanol–water partition coefficient (Wildman–Crippen LogP) is 2.26. The van der Waals surface area contributed by atoms with Gasteiger partial charge in [-0.3, -0.25) is 4.72 Å². The summed E-state index contributed by atoms with van der Waals surface area (Å²) >= 11 is 1.32. The molecule has 126 valence electrons. The van der Waals surface area contributed by atoms with Crippen molar-refractivity contribution in [1.82, 2.24) is 19.7 Å². The average Bonchev–Trinajstić information content (AvgIpc) is 3.26. The molecule has 0 fully saturated rings. The Kier molecular flexibility index (Phi) is 3.62. The number of benzene rings is 1. The second-order valence-corrected chi connectivity index (χ2v) is 7.63. The lowest BCUT2D eigenvalue weighted by Gasteiger charge is -2.09. The number of nitrogens with zero attached hydrogens (tertiary/aromatic N) is 4. The molecule has 0 saturated heterocycles. The molecule has 3 heterocycles. The molecule has 0 spiro atoms. The van der Waals surface area contributed by atoms with Crippen molar-refractivity contribution in [1.29, 1.82) is 0 Å². The molecule has 8 nitrogen and oxygen atoms in total. The van der Waals surface area contributed by atoms with Crippen molar-refractivity contribution < 1.29 is 8.42 Å². The molecule has 0 saturated carbocycles. The third-order valence-electron chi connectivity index (χ3n) is 3.54. The molecule has 1 aromatic carbocycles. The van der Waals surface area contributed by atoms with E-state index in [1.165, 1.54) is 17.7 Å². The monoisotopic (exact) mass is 372 g/mol. The first-order valence-corrected chi connectivity index (χ1v) is 9.57. The summed E-state index contributed by atoms with van der Waals surface area (Å²) in [7, 11) is -3.62. The Morgan fingerprint density at radius 2 is 2.08 bits per heavy atom. The fourth-order valence-corrected chi connectivity index (χ4v) is 4.45. The van der Waals surface area contributed by atoms with E-state index in [9.17, 15) is 8.42 Å². The largest absolute Gasteiger partial charge is 0.383 e. The van der Waals surface area contributed by atoms with Crippen molar-refractivity contribution in [3.05, 3.63) is 53.6 Å². The molecule has 0 atom stereocenters. The van der Waals surface area contributed by atoms with Crippen molar-refractivity contribution in [2.45, 2.75) is 4.90 Å². The van der Waals surface area contributed by atoms with E-state index in [0.717, 1.165) is 0 Å². The molecule has 3 N–H and O–H groups in total. The smallest absolute Gasteiger partial charge is 0.262 e. The van der Waals surface area contributed by atoms with E-state index in [1.807, 2.05) is 0 Å². The lowest BCUT2D eigenvalue weighted by Crippen LogP contribution is -2.12. The molecule has 25 heavy (non-hydrogen) atoms. The molecule has 0 aliphatic rings. The highest BCUT2D eigenvalue weighted by Gasteiger charge is 2.15. The molecule has 0 bridgehead atoms. The number of hydrogen-bond acceptors (Lipinski definition) is 7. The van der Waals surface area contributed by atoms with Crippen LogP contribution in [-0.4, -0.2) is 28.2 Å². The van der Waals surface area contributed by atoms with Gasteiger partial charge in [-0.15, -0.1) is 0 Å². The van der Waals surface area contributed by atoms with E-state index < -0.39 is 10.0 Å². The van der Waals surface area contributed by atoms with Crippen LogP contribution in [0.1, 0.15) is 0 Å². The Labute approximate surface area is 147 Å². The number of nitrogen functional groups attached to an aromatic ring is 1. The van der Waals surface area contributed by atoms with Crippen molar-refractivity contribution in [3.63, 3.8) is 0 Å². The van der Waals surface area contributed by atoms with Crippen LogP contribution in [0.3, 0.4) is 0 Å². The summed E-state index contributed by atoms with van der Waals surface area (Å²) in [6.45, 7) is 0. The van der Waals surface area contributed by atoms with Gasteiger partial charge in [0, 0.05) is 5.38 Å². The Morgan fingerprint density at radius 1 is 1.20 bits per heavy atom. The van der Waals surface area contributed by atoms with Crippen LogP contribution in [0.2, 0.25) is 0 Å². The summed E-state index contributed by atoms with van der Waals surface area (Å²) in [4.78, 5) is 8.36. The van der Waals surface area contributed by atoms with E-state index in [0.29, 0.717) is 28.2 Å². The number of rotatable bonds is 4. The standard InChI is InChI=1S/C15H12N6O2S2/c16-14-13-7-19-21(15(13)18-9-17-14)11-3-1-2-10(6-11)20-25(22,23)12-4-5-24-8-12/h1-9,20H,(H2,16,17,18). The molecule has 0 radical (unpaired) electrons. The number of anilines is 2. The first-order valence-electron chi connectivity index (χ1n) is 7.14. The number of fused-ring (bicyclic) bond motifs is 1. The normalized spacial score (nSPS) is 11.7. The second kappa shape index (κ2) is 5.83. The Bertz CT molecular complexity index is 1150. The lowest BCUT2D eigenvalue weighted by atomic mass is 10.3. The lowest BCUT2D eigenvalue weighted by molar-refractivity contribution is 0.601. The summed E-state index contributed by atoms with van der Waals surface area (Å²) in [6.07, 6.45) is 2.94. The molecule has 10 heteroatoms. The first-order chi connectivity index (χ1) is 12.0. The number of aromatic nitrogens is 4. The van der Waals surface area contributed by atoms with Gasteiger partial charge >= 0.3 is 0 Å². The van der Waals surface area contributed by atoms with Gasteiger partial charge in [0.2, 0.25) is 0 Å². The summed E-state index contributed by atoms with van der Waals surface area (Å²) in [6, 6.07) is 8.43. The first kappa shape index (κ1) is 15.5. The van der Waals surface area contributed by atoms with Gasteiger partial charge in [-0.1, -0.05) is 6.07 Å². The zero-order chi connectivity index (χ0) is 17.4. The van der Waals surface area contributed by atoms with Gasteiger partial charge in [0.15, 0.2) is 5.65 Å². The maximum atomic E-state index is 12.4. The zero-order valence-corrected chi connectivity index (χ0v) is 14.3. The van der Waals surface area contributed by atoms with E-state index in [4.69, 9.17) is 5.73 Å². The Hall–Kier alpha value is -2.98. The van der Waals surface area contributed by atoms with Gasteiger partial charge in [-0.2, -0.15) is 16.4 Å². The SMILES string of the molecule is Nc1ncnc2c1cnn2-c1cccc(NS(=O)(=O)c2ccsc2)c1. The molecular formula is C15H12N6O2S2. The average molecular weight is 372 g/mol. The van der Waals surface area contributed by atoms with Crippen LogP contribution in [0.4, 0.5) is 11.5 Å². The highest BCUT2D eigenvalue weighted by Crippen LogP contribution is 2.23. The maximum Gasteiger partial charge on any atom is 0.262 e. The van der Waals surface area contributed by atoms with Crippen LogP contribution in [-0.2, 0) is 10.0 Å². The summed E-state index contributed by atoms with van der Waals surface area (Å²) < 4.78 is 28.8. The van der Waals surface area contributed by atoms with Crippen LogP contribution in [0.15, 0.2) is 58.5 Å². The molecule has 4 aromatic rings. The van der Waals surface area contributed by atoms with Gasteiger partial charge < -0.3 is 5.73 Å². The quantitative estimate of drug-likeness (QED) is 0.568. The van der Waals surface area contributed by atoms with E-state index in [-0.39, 0.29) is 4.90 Å². The van der Waals surface area contributed by atoms with Crippen LogP contribution in [0.5, 0.6) is 0 Å². The Balaban J connectivity index is 1.73. The fourth-order valence-electron chi connectivity index (χ4n) is 2.37. The van der Waals surface area contributed by atoms with E-state index >= 15 is 0 Å². The third kappa shape index (κ3) is 2.81. The van der Waals surface area contributed by atoms with Crippen molar-refractivity contribution in [2.24, 2.45) is 0 Å². The third-order valence-corrected chi connectivity index (χ3v) is 5.76. The molecule has 0 unspecified atom stereocenters. The molecule has 4 rings (SSSR count). The van der Waals surface area contributed by atoms with Gasteiger partial charge in [0.25, 0.3) is 10.0 Å². The van der Waals surface area contributed by atoms with Crippen LogP contribution in [0, 0.1) is 0 Å². The van der Waals surface area contributed by atoms with Gasteiger partial charge in [-0.25, -0.2) is 23.1 Å². The van der Waals surface area contributed by atoms with Gasteiger partial charge in [0.05, 0.1) is 27.9 Å². The minimum Gasteiger partial charge on any atom is -0.383 e.